The van der Waals surface area contributed by atoms with Gasteiger partial charge in [-0.3, -0.25) is 14.6 Å². The van der Waals surface area contributed by atoms with Crippen molar-refractivity contribution in [3.63, 3.8) is 0 Å². The fraction of sp³-hybridized carbons (Fsp3) is 0.292. The first-order valence-electron chi connectivity index (χ1n) is 10.3. The molecule has 6 nitrogen and oxygen atoms in total. The Morgan fingerprint density at radius 3 is 2.83 bits per heavy atom. The number of carbonyl (C=O) groups excluding carboxylic acids is 2. The van der Waals surface area contributed by atoms with Crippen LogP contribution in [0.25, 0.3) is 10.9 Å². The molecule has 0 unspecified atom stereocenters. The molecule has 3 saturated heterocycles. The Labute approximate surface area is 174 Å². The fourth-order valence-electron chi connectivity index (χ4n) is 5.28. The first-order valence-corrected chi connectivity index (χ1v) is 10.3. The van der Waals surface area contributed by atoms with E-state index in [1.807, 2.05) is 70.5 Å². The zero-order chi connectivity index (χ0) is 20.3. The van der Waals surface area contributed by atoms with E-state index in [-0.39, 0.29) is 24.0 Å². The van der Waals surface area contributed by atoms with Crippen molar-refractivity contribution in [3.8, 4) is 0 Å². The number of carbonyl (C=O) groups is 2. The van der Waals surface area contributed by atoms with Crippen LogP contribution in [0.2, 0.25) is 0 Å². The summed E-state index contributed by atoms with van der Waals surface area (Å²) in [4.78, 5) is 34.2. The largest absolute Gasteiger partial charge is 0.343 e. The van der Waals surface area contributed by atoms with Gasteiger partial charge in [-0.15, -0.1) is 0 Å². The van der Waals surface area contributed by atoms with Crippen molar-refractivity contribution in [1.82, 2.24) is 14.8 Å². The quantitative estimate of drug-likeness (QED) is 0.664. The Balaban J connectivity index is 1.31. The average molecular weight is 399 g/mol. The molecule has 3 atom stereocenters. The fourth-order valence-corrected chi connectivity index (χ4v) is 5.28. The van der Waals surface area contributed by atoms with Crippen LogP contribution in [0.1, 0.15) is 34.9 Å². The highest BCUT2D eigenvalue weighted by atomic mass is 16.5. The molecule has 0 saturated carbocycles. The summed E-state index contributed by atoms with van der Waals surface area (Å²) in [6, 6.07) is 19.1. The van der Waals surface area contributed by atoms with Crippen LogP contribution in [-0.4, -0.2) is 51.5 Å². The molecule has 0 radical (unpaired) electrons. The lowest BCUT2D eigenvalue weighted by atomic mass is 10.0. The van der Waals surface area contributed by atoms with Crippen molar-refractivity contribution in [2.45, 2.75) is 30.7 Å². The minimum Gasteiger partial charge on any atom is -0.343 e. The number of pyridine rings is 1. The van der Waals surface area contributed by atoms with Gasteiger partial charge in [0.25, 0.3) is 5.91 Å². The van der Waals surface area contributed by atoms with Gasteiger partial charge in [0.05, 0.1) is 24.5 Å². The van der Waals surface area contributed by atoms with Crippen LogP contribution >= 0.6 is 0 Å². The Hall–Kier alpha value is -3.25. The van der Waals surface area contributed by atoms with Crippen molar-refractivity contribution in [2.24, 2.45) is 0 Å². The van der Waals surface area contributed by atoms with E-state index in [1.165, 1.54) is 0 Å². The Morgan fingerprint density at radius 2 is 1.97 bits per heavy atom. The van der Waals surface area contributed by atoms with E-state index in [9.17, 15) is 9.59 Å². The maximum absolute atomic E-state index is 13.4. The van der Waals surface area contributed by atoms with Crippen LogP contribution in [0.3, 0.4) is 0 Å². The minimum absolute atomic E-state index is 0.0518. The number of ether oxygens (including phenoxy) is 1. The summed E-state index contributed by atoms with van der Waals surface area (Å²) < 4.78 is 6.54. The third kappa shape index (κ3) is 2.43. The molecule has 2 amide bonds. The van der Waals surface area contributed by atoms with Crippen LogP contribution in [0.5, 0.6) is 0 Å². The van der Waals surface area contributed by atoms with Crippen LogP contribution in [0.15, 0.2) is 66.9 Å². The van der Waals surface area contributed by atoms with Crippen molar-refractivity contribution in [3.05, 3.63) is 78.0 Å². The summed E-state index contributed by atoms with van der Waals surface area (Å²) >= 11 is 0. The van der Waals surface area contributed by atoms with Crippen LogP contribution in [-0.2, 0) is 9.53 Å². The second-order valence-electron chi connectivity index (χ2n) is 8.25. The highest BCUT2D eigenvalue weighted by molar-refractivity contribution is 5.99. The number of hydrogen-bond acceptors (Lipinski definition) is 4. The molecule has 1 aromatic heterocycles. The van der Waals surface area contributed by atoms with E-state index in [0.29, 0.717) is 31.5 Å². The molecule has 3 aliphatic heterocycles. The average Bonchev–Trinajstić information content (AvgIpc) is 3.42. The summed E-state index contributed by atoms with van der Waals surface area (Å²) in [6.07, 6.45) is 2.56. The molecule has 3 aromatic rings. The molecule has 3 aliphatic rings. The minimum atomic E-state index is -0.703. The second-order valence-corrected chi connectivity index (χ2v) is 8.25. The van der Waals surface area contributed by atoms with Gasteiger partial charge in [-0.05, 0) is 29.8 Å². The molecule has 1 spiro atoms. The highest BCUT2D eigenvalue weighted by Crippen LogP contribution is 2.50. The summed E-state index contributed by atoms with van der Waals surface area (Å²) in [6.45, 7) is 1.13. The van der Waals surface area contributed by atoms with E-state index in [4.69, 9.17) is 4.74 Å². The predicted molar refractivity (Wildman–Crippen MR) is 111 cm³/mol. The molecule has 3 fully saturated rings. The van der Waals surface area contributed by atoms with Crippen molar-refractivity contribution in [2.75, 3.05) is 13.1 Å². The standard InChI is InChI=1S/C24H21N3O3/c28-22-14-21-24(27(22)15-20(30-24)16-5-2-1-3-6-16)10-12-26(21)23(29)18-8-9-19-17(13-18)7-4-11-25-19/h1-9,11,13,20-21H,10,12,14-15H2/t20-,21-,24+/m1/s1. The molecular weight excluding hydrogens is 378 g/mol. The molecule has 2 aromatic carbocycles. The molecule has 0 N–H and O–H groups in total. The molecule has 0 aliphatic carbocycles. The zero-order valence-electron chi connectivity index (χ0n) is 16.4. The summed E-state index contributed by atoms with van der Waals surface area (Å²) in [5, 5.41) is 0.933. The van der Waals surface area contributed by atoms with Crippen molar-refractivity contribution in [1.29, 1.82) is 0 Å². The molecule has 6 heteroatoms. The second kappa shape index (κ2) is 6.37. The van der Waals surface area contributed by atoms with E-state index in [0.717, 1.165) is 16.5 Å². The van der Waals surface area contributed by atoms with E-state index in [2.05, 4.69) is 4.98 Å². The van der Waals surface area contributed by atoms with Crippen LogP contribution in [0, 0.1) is 0 Å². The third-order valence-corrected chi connectivity index (χ3v) is 6.71. The van der Waals surface area contributed by atoms with Gasteiger partial charge >= 0.3 is 0 Å². The lowest BCUT2D eigenvalue weighted by Gasteiger charge is -2.32. The first kappa shape index (κ1) is 17.6. The maximum atomic E-state index is 13.4. The number of hydrogen-bond donors (Lipinski definition) is 0. The number of nitrogens with zero attached hydrogens (tertiary/aromatic N) is 3. The Bertz CT molecular complexity index is 1160. The van der Waals surface area contributed by atoms with Gasteiger partial charge in [-0.25, -0.2) is 0 Å². The van der Waals surface area contributed by atoms with Gasteiger partial charge in [0.1, 0.15) is 6.10 Å². The van der Waals surface area contributed by atoms with Crippen molar-refractivity contribution < 1.29 is 14.3 Å². The lowest BCUT2D eigenvalue weighted by Crippen LogP contribution is -2.48. The van der Waals surface area contributed by atoms with Gasteiger partial charge in [0, 0.05) is 30.1 Å². The predicted octanol–water partition coefficient (Wildman–Crippen LogP) is 3.15. The summed E-state index contributed by atoms with van der Waals surface area (Å²) in [7, 11) is 0. The van der Waals surface area contributed by atoms with E-state index < -0.39 is 5.72 Å². The smallest absolute Gasteiger partial charge is 0.254 e. The van der Waals surface area contributed by atoms with Gasteiger partial charge in [0.15, 0.2) is 5.72 Å². The number of fused-ring (bicyclic) bond motifs is 1. The van der Waals surface area contributed by atoms with E-state index in [1.54, 1.807) is 6.20 Å². The number of aromatic nitrogens is 1. The van der Waals surface area contributed by atoms with Crippen molar-refractivity contribution >= 4 is 22.7 Å². The topological polar surface area (TPSA) is 62.7 Å². The van der Waals surface area contributed by atoms with Crippen LogP contribution < -0.4 is 0 Å². The lowest BCUT2D eigenvalue weighted by molar-refractivity contribution is -0.138. The Kier molecular flexibility index (Phi) is 3.74. The first-order chi connectivity index (χ1) is 14.7. The molecule has 30 heavy (non-hydrogen) atoms. The molecule has 0 bridgehead atoms. The van der Waals surface area contributed by atoms with Gasteiger partial charge in [-0.2, -0.15) is 0 Å². The van der Waals surface area contributed by atoms with Gasteiger partial charge in [0.2, 0.25) is 5.91 Å². The molecule has 150 valence electrons. The molecule has 4 heterocycles. The summed E-state index contributed by atoms with van der Waals surface area (Å²) in [5.41, 5.74) is 1.85. The number of benzene rings is 2. The van der Waals surface area contributed by atoms with E-state index >= 15 is 0 Å². The molecule has 6 rings (SSSR count). The monoisotopic (exact) mass is 399 g/mol. The number of amides is 2. The highest BCUT2D eigenvalue weighted by Gasteiger charge is 2.65. The molecular formula is C24H21N3O3. The van der Waals surface area contributed by atoms with Gasteiger partial charge in [-0.1, -0.05) is 36.4 Å². The maximum Gasteiger partial charge on any atom is 0.254 e. The SMILES string of the molecule is O=C(c1ccc2ncccc2c1)N1CC[C@@]23O[C@@H](c4ccccc4)CN2C(=O)C[C@@H]13. The van der Waals surface area contributed by atoms with Crippen LogP contribution in [0.4, 0.5) is 0 Å². The Morgan fingerprint density at radius 1 is 1.10 bits per heavy atom. The normalized spacial score (nSPS) is 27.5. The number of rotatable bonds is 2. The number of likely N-dealkylation sites (tertiary alicyclic amines) is 1. The third-order valence-electron chi connectivity index (χ3n) is 6.71. The van der Waals surface area contributed by atoms with Gasteiger partial charge < -0.3 is 14.5 Å². The summed E-state index contributed by atoms with van der Waals surface area (Å²) in [5.74, 6) is 0.0164. The zero-order valence-corrected chi connectivity index (χ0v) is 16.4.